The monoisotopic (exact) mass is 507 g/mol. The van der Waals surface area contributed by atoms with Crippen molar-refractivity contribution >= 4 is 11.7 Å². The summed E-state index contributed by atoms with van der Waals surface area (Å²) in [6.07, 6.45) is 5.07. The van der Waals surface area contributed by atoms with Crippen LogP contribution in [0.3, 0.4) is 0 Å². The van der Waals surface area contributed by atoms with Gasteiger partial charge in [0.25, 0.3) is 0 Å². The van der Waals surface area contributed by atoms with E-state index in [1.807, 2.05) is 24.3 Å². The molecule has 0 bridgehead atoms. The van der Waals surface area contributed by atoms with Gasteiger partial charge in [-0.3, -0.25) is 0 Å². The van der Waals surface area contributed by atoms with E-state index in [4.69, 9.17) is 14.8 Å². The summed E-state index contributed by atoms with van der Waals surface area (Å²) >= 11 is 0. The standard InChI is InChI=1S/C31H45N3O3/c1-20(2)25-16-12-17-26(21(3)4)29(25)36-33-31(35)34(32-24-14-10-9-11-15-24)37-30-27(22(5)6)18-13-19-28(30)23(7)8/h12-13,16-23H,9-11,14-15H2,1-8H3,(H,33,35). The van der Waals surface area contributed by atoms with Crippen molar-refractivity contribution in [1.82, 2.24) is 10.7 Å². The molecule has 1 saturated carbocycles. The van der Waals surface area contributed by atoms with Crippen LogP contribution in [0.4, 0.5) is 4.79 Å². The Kier molecular flexibility index (Phi) is 10.0. The molecule has 0 spiro atoms. The van der Waals surface area contributed by atoms with E-state index in [1.54, 1.807) is 0 Å². The van der Waals surface area contributed by atoms with Crippen molar-refractivity contribution < 1.29 is 14.5 Å². The number of para-hydroxylation sites is 2. The molecule has 2 aromatic rings. The van der Waals surface area contributed by atoms with Gasteiger partial charge in [-0.05, 0) is 54.5 Å². The minimum Gasteiger partial charge on any atom is -0.377 e. The Hall–Kier alpha value is -3.02. The van der Waals surface area contributed by atoms with Crippen LogP contribution in [-0.4, -0.2) is 16.9 Å². The minimum absolute atomic E-state index is 0.226. The summed E-state index contributed by atoms with van der Waals surface area (Å²) in [5.74, 6) is 2.32. The second kappa shape index (κ2) is 13.0. The maximum atomic E-state index is 13.6. The summed E-state index contributed by atoms with van der Waals surface area (Å²) in [6.45, 7) is 17.0. The highest BCUT2D eigenvalue weighted by molar-refractivity contribution is 5.86. The van der Waals surface area contributed by atoms with Crippen molar-refractivity contribution in [1.29, 1.82) is 0 Å². The number of benzene rings is 2. The van der Waals surface area contributed by atoms with Gasteiger partial charge in [0.05, 0.1) is 0 Å². The molecule has 3 rings (SSSR count). The van der Waals surface area contributed by atoms with Gasteiger partial charge in [-0.25, -0.2) is 4.79 Å². The van der Waals surface area contributed by atoms with E-state index in [0.29, 0.717) is 11.5 Å². The maximum absolute atomic E-state index is 13.6. The van der Waals surface area contributed by atoms with Crippen LogP contribution in [0.2, 0.25) is 0 Å². The van der Waals surface area contributed by atoms with Crippen LogP contribution in [-0.2, 0) is 0 Å². The van der Waals surface area contributed by atoms with Crippen LogP contribution < -0.4 is 15.2 Å². The molecule has 2 amide bonds. The van der Waals surface area contributed by atoms with Gasteiger partial charge in [-0.1, -0.05) is 98.2 Å². The number of carbonyl (C=O) groups is 1. The number of hydrogen-bond acceptors (Lipinski definition) is 4. The van der Waals surface area contributed by atoms with Crippen LogP contribution in [0.25, 0.3) is 0 Å². The predicted octanol–water partition coefficient (Wildman–Crippen LogP) is 8.80. The van der Waals surface area contributed by atoms with Crippen molar-refractivity contribution in [2.24, 2.45) is 5.10 Å². The first-order valence-electron chi connectivity index (χ1n) is 13.9. The average Bonchev–Trinajstić information content (AvgIpc) is 2.86. The number of hydroxylamine groups is 2. The van der Waals surface area contributed by atoms with Gasteiger partial charge in [0.15, 0.2) is 11.5 Å². The number of amides is 2. The van der Waals surface area contributed by atoms with Gasteiger partial charge in [0, 0.05) is 28.0 Å². The lowest BCUT2D eigenvalue weighted by Crippen LogP contribution is -2.42. The molecule has 0 heterocycles. The number of hydrogen-bond donors (Lipinski definition) is 1. The SMILES string of the molecule is CC(C)c1cccc(C(C)C)c1ONC(=O)N(N=C1CCCCC1)Oc1c(C(C)C)cccc1C(C)C. The van der Waals surface area contributed by atoms with Gasteiger partial charge >= 0.3 is 6.03 Å². The molecule has 0 aromatic heterocycles. The number of nitrogens with one attached hydrogen (secondary N) is 1. The number of carbonyl (C=O) groups excluding carboxylic acids is 1. The highest BCUT2D eigenvalue weighted by Crippen LogP contribution is 2.36. The van der Waals surface area contributed by atoms with Crippen molar-refractivity contribution in [3.8, 4) is 11.5 Å². The summed E-state index contributed by atoms with van der Waals surface area (Å²) in [5, 5.41) is 5.79. The molecule has 1 N–H and O–H groups in total. The Morgan fingerprint density at radius 2 is 1.16 bits per heavy atom. The lowest BCUT2D eigenvalue weighted by molar-refractivity contribution is -0.0256. The minimum atomic E-state index is -0.556. The molecular weight excluding hydrogens is 462 g/mol. The first kappa shape index (κ1) is 28.5. The third-order valence-electron chi connectivity index (χ3n) is 6.89. The van der Waals surface area contributed by atoms with Crippen LogP contribution >= 0.6 is 0 Å². The van der Waals surface area contributed by atoms with E-state index < -0.39 is 6.03 Å². The summed E-state index contributed by atoms with van der Waals surface area (Å²) in [5.41, 5.74) is 7.80. The maximum Gasteiger partial charge on any atom is 0.405 e. The van der Waals surface area contributed by atoms with Crippen molar-refractivity contribution in [2.45, 2.75) is 111 Å². The molecule has 37 heavy (non-hydrogen) atoms. The average molecular weight is 508 g/mol. The summed E-state index contributed by atoms with van der Waals surface area (Å²) in [4.78, 5) is 26.0. The van der Waals surface area contributed by atoms with Crippen molar-refractivity contribution in [3.05, 3.63) is 58.7 Å². The normalized spacial score (nSPS) is 13.9. The fourth-order valence-electron chi connectivity index (χ4n) is 4.70. The van der Waals surface area contributed by atoms with Crippen LogP contribution in [0.5, 0.6) is 11.5 Å². The second-order valence-corrected chi connectivity index (χ2v) is 11.3. The molecule has 0 radical (unpaired) electrons. The van der Waals surface area contributed by atoms with Gasteiger partial charge in [-0.2, -0.15) is 5.48 Å². The zero-order chi connectivity index (χ0) is 27.1. The first-order chi connectivity index (χ1) is 17.6. The van der Waals surface area contributed by atoms with Gasteiger partial charge in [0.2, 0.25) is 0 Å². The number of hydrazone groups is 1. The molecule has 0 atom stereocenters. The molecule has 6 nitrogen and oxygen atoms in total. The first-order valence-corrected chi connectivity index (χ1v) is 13.9. The van der Waals surface area contributed by atoms with E-state index in [9.17, 15) is 4.79 Å². The Morgan fingerprint density at radius 1 is 0.730 bits per heavy atom. The Bertz CT molecular complexity index is 1030. The molecular formula is C31H45N3O3. The van der Waals surface area contributed by atoms with E-state index in [0.717, 1.165) is 58.8 Å². The van der Waals surface area contributed by atoms with Gasteiger partial charge < -0.3 is 9.68 Å². The topological polar surface area (TPSA) is 63.2 Å². The number of urea groups is 1. The van der Waals surface area contributed by atoms with Gasteiger partial charge in [-0.15, -0.1) is 5.10 Å². The predicted molar refractivity (Wildman–Crippen MR) is 151 cm³/mol. The molecule has 1 aliphatic rings. The summed E-state index contributed by atoms with van der Waals surface area (Å²) < 4.78 is 0. The van der Waals surface area contributed by atoms with E-state index >= 15 is 0 Å². The molecule has 2 aromatic carbocycles. The summed E-state index contributed by atoms with van der Waals surface area (Å²) in [7, 11) is 0. The highest BCUT2D eigenvalue weighted by atomic mass is 16.7. The Morgan fingerprint density at radius 3 is 1.59 bits per heavy atom. The number of nitrogens with zero attached hydrogens (tertiary/aromatic N) is 2. The smallest absolute Gasteiger partial charge is 0.377 e. The van der Waals surface area contributed by atoms with Crippen LogP contribution in [0.15, 0.2) is 41.5 Å². The van der Waals surface area contributed by atoms with Gasteiger partial charge in [0.1, 0.15) is 0 Å². The quantitative estimate of drug-likeness (QED) is 0.345. The molecule has 202 valence electrons. The van der Waals surface area contributed by atoms with E-state index in [1.165, 1.54) is 6.42 Å². The zero-order valence-corrected chi connectivity index (χ0v) is 23.9. The molecule has 1 fully saturated rings. The molecule has 0 unspecified atom stereocenters. The third-order valence-corrected chi connectivity index (χ3v) is 6.89. The molecule has 0 aliphatic heterocycles. The fraction of sp³-hybridized carbons (Fsp3) is 0.548. The molecule has 1 aliphatic carbocycles. The Labute approximate surface area is 223 Å². The van der Waals surface area contributed by atoms with Crippen LogP contribution in [0.1, 0.15) is 133 Å². The van der Waals surface area contributed by atoms with Crippen molar-refractivity contribution in [3.63, 3.8) is 0 Å². The van der Waals surface area contributed by atoms with E-state index in [2.05, 4.69) is 73.0 Å². The lowest BCUT2D eigenvalue weighted by Gasteiger charge is -2.25. The Balaban J connectivity index is 1.96. The molecule has 6 heteroatoms. The second-order valence-electron chi connectivity index (χ2n) is 11.3. The largest absolute Gasteiger partial charge is 0.405 e. The number of rotatable bonds is 9. The third kappa shape index (κ3) is 7.27. The van der Waals surface area contributed by atoms with Crippen molar-refractivity contribution in [2.75, 3.05) is 0 Å². The van der Waals surface area contributed by atoms with E-state index in [-0.39, 0.29) is 23.7 Å². The fourth-order valence-corrected chi connectivity index (χ4v) is 4.70. The zero-order valence-electron chi connectivity index (χ0n) is 23.9. The van der Waals surface area contributed by atoms with Crippen LogP contribution in [0, 0.1) is 0 Å². The molecule has 0 saturated heterocycles. The highest BCUT2D eigenvalue weighted by Gasteiger charge is 2.25. The summed E-state index contributed by atoms with van der Waals surface area (Å²) in [6, 6.07) is 11.7. The lowest BCUT2D eigenvalue weighted by atomic mass is 9.94.